The Balaban J connectivity index is 1.54. The maximum atomic E-state index is 13.0. The Morgan fingerprint density at radius 3 is 2.59 bits per heavy atom. The zero-order valence-electron chi connectivity index (χ0n) is 17.5. The largest absolute Gasteiger partial charge is 0.361 e. The van der Waals surface area contributed by atoms with Gasteiger partial charge in [-0.1, -0.05) is 46.6 Å². The van der Waals surface area contributed by atoms with E-state index in [1.165, 1.54) is 0 Å². The zero-order valence-corrected chi connectivity index (χ0v) is 20.6. The fraction of sp³-hybridized carbons (Fsp3) is 0.238. The smallest absolute Gasteiger partial charge is 0.279 e. The van der Waals surface area contributed by atoms with E-state index in [1.54, 1.807) is 22.5 Å². The highest BCUT2D eigenvalue weighted by Crippen LogP contribution is 2.25. The number of hydrogen-bond acceptors (Lipinski definition) is 5. The summed E-state index contributed by atoms with van der Waals surface area (Å²) in [5.74, 6) is 0.457. The first-order chi connectivity index (χ1) is 15.2. The summed E-state index contributed by atoms with van der Waals surface area (Å²) in [6.45, 7) is 6.21. The molecule has 0 unspecified atom stereocenters. The molecule has 0 aliphatic carbocycles. The fourth-order valence-corrected chi connectivity index (χ4v) is 4.01. The second-order valence-electron chi connectivity index (χ2n) is 7.28. The molecule has 1 N–H and O–H groups in total. The van der Waals surface area contributed by atoms with Gasteiger partial charge in [-0.05, 0) is 48.3 Å². The Bertz CT molecular complexity index is 1310. The van der Waals surface area contributed by atoms with Crippen molar-refractivity contribution in [1.82, 2.24) is 24.7 Å². The molecular weight excluding hydrogens is 519 g/mol. The first-order valence-corrected chi connectivity index (χ1v) is 11.2. The number of carbonyl (C=O) groups is 1. The lowest BCUT2D eigenvalue weighted by molar-refractivity contribution is 0.101. The van der Waals surface area contributed by atoms with E-state index in [9.17, 15) is 4.79 Å². The minimum atomic E-state index is -0.437. The molecule has 4 rings (SSSR count). The fourth-order valence-electron chi connectivity index (χ4n) is 3.27. The first kappa shape index (κ1) is 22.6. The highest BCUT2D eigenvalue weighted by molar-refractivity contribution is 9.10. The Morgan fingerprint density at radius 2 is 1.91 bits per heavy atom. The van der Waals surface area contributed by atoms with Gasteiger partial charge < -0.3 is 9.84 Å². The van der Waals surface area contributed by atoms with Crippen LogP contribution in [0.4, 0.5) is 5.82 Å². The second-order valence-corrected chi connectivity index (χ2v) is 8.92. The summed E-state index contributed by atoms with van der Waals surface area (Å²) >= 11 is 15.9. The maximum Gasteiger partial charge on any atom is 0.279 e. The van der Waals surface area contributed by atoms with Gasteiger partial charge in [0.15, 0.2) is 11.5 Å². The molecule has 8 nitrogen and oxygen atoms in total. The number of rotatable bonds is 6. The van der Waals surface area contributed by atoms with Crippen molar-refractivity contribution < 1.29 is 9.32 Å². The van der Waals surface area contributed by atoms with E-state index in [0.29, 0.717) is 44.7 Å². The molecule has 0 bridgehead atoms. The Kier molecular flexibility index (Phi) is 6.41. The summed E-state index contributed by atoms with van der Waals surface area (Å²) in [5.41, 5.74) is 3.23. The zero-order chi connectivity index (χ0) is 23.0. The van der Waals surface area contributed by atoms with Crippen molar-refractivity contribution in [1.29, 1.82) is 0 Å². The van der Waals surface area contributed by atoms with E-state index in [0.717, 1.165) is 17.0 Å². The molecule has 32 heavy (non-hydrogen) atoms. The number of benzene rings is 1. The molecule has 0 saturated carbocycles. The Labute approximate surface area is 202 Å². The number of nitrogens with one attached hydrogen (secondary N) is 1. The van der Waals surface area contributed by atoms with Gasteiger partial charge in [0.1, 0.15) is 5.76 Å². The summed E-state index contributed by atoms with van der Waals surface area (Å²) in [6.07, 6.45) is 1.77. The van der Waals surface area contributed by atoms with Crippen molar-refractivity contribution in [2.45, 2.75) is 33.9 Å². The van der Waals surface area contributed by atoms with Crippen LogP contribution < -0.4 is 5.32 Å². The number of nitrogens with zero attached hydrogens (tertiary/aromatic N) is 5. The number of aromatic nitrogens is 5. The predicted molar refractivity (Wildman–Crippen MR) is 125 cm³/mol. The molecule has 0 saturated heterocycles. The van der Waals surface area contributed by atoms with Crippen molar-refractivity contribution in [3.63, 3.8) is 0 Å². The van der Waals surface area contributed by atoms with Gasteiger partial charge in [-0.3, -0.25) is 14.2 Å². The average molecular weight is 538 g/mol. The van der Waals surface area contributed by atoms with E-state index >= 15 is 0 Å². The summed E-state index contributed by atoms with van der Waals surface area (Å²) in [4.78, 5) is 13.0. The molecule has 0 radical (unpaired) electrons. The molecule has 0 aliphatic rings. The number of aryl methyl sites for hydroxylation is 2. The van der Waals surface area contributed by atoms with Gasteiger partial charge in [-0.25, -0.2) is 0 Å². The SMILES string of the molecule is Cc1nn(Cc2c(C(=O)Nc3nn(Cc4ccccc4Cl)cc3Br)noc2C)c(C)c1Cl. The molecule has 0 fully saturated rings. The lowest BCUT2D eigenvalue weighted by Crippen LogP contribution is -2.17. The number of anilines is 1. The first-order valence-electron chi connectivity index (χ1n) is 9.67. The van der Waals surface area contributed by atoms with E-state index in [2.05, 4.69) is 36.6 Å². The second kappa shape index (κ2) is 9.09. The average Bonchev–Trinajstić information content (AvgIpc) is 3.36. The van der Waals surface area contributed by atoms with E-state index < -0.39 is 5.91 Å². The molecule has 0 aliphatic heterocycles. The van der Waals surface area contributed by atoms with Gasteiger partial charge in [0.2, 0.25) is 0 Å². The summed E-state index contributed by atoms with van der Waals surface area (Å²) < 4.78 is 9.34. The Hall–Kier alpha value is -2.62. The van der Waals surface area contributed by atoms with Crippen LogP contribution in [-0.4, -0.2) is 30.6 Å². The van der Waals surface area contributed by atoms with Gasteiger partial charge in [0.25, 0.3) is 5.91 Å². The molecule has 166 valence electrons. The molecule has 1 aromatic carbocycles. The third kappa shape index (κ3) is 4.46. The van der Waals surface area contributed by atoms with Crippen LogP contribution in [0.15, 0.2) is 39.5 Å². The standard InChI is InChI=1S/C21H19BrCl2N6O2/c1-11-18(24)12(2)30(26-11)9-15-13(3)32-28-19(15)21(31)25-20-16(22)10-29(27-20)8-14-6-4-5-7-17(14)23/h4-7,10H,8-9H2,1-3H3,(H,25,27,31). The van der Waals surface area contributed by atoms with E-state index in [-0.39, 0.29) is 5.69 Å². The van der Waals surface area contributed by atoms with Crippen LogP contribution in [0.3, 0.4) is 0 Å². The predicted octanol–water partition coefficient (Wildman–Crippen LogP) is 5.41. The van der Waals surface area contributed by atoms with Crippen molar-refractivity contribution in [3.05, 3.63) is 78.9 Å². The molecule has 3 heterocycles. The van der Waals surface area contributed by atoms with Gasteiger partial charge >= 0.3 is 0 Å². The number of amides is 1. The highest BCUT2D eigenvalue weighted by Gasteiger charge is 2.23. The van der Waals surface area contributed by atoms with Crippen LogP contribution in [0.25, 0.3) is 0 Å². The van der Waals surface area contributed by atoms with Crippen LogP contribution in [0.1, 0.15) is 38.8 Å². The number of hydrogen-bond donors (Lipinski definition) is 1. The highest BCUT2D eigenvalue weighted by atomic mass is 79.9. The van der Waals surface area contributed by atoms with Crippen LogP contribution in [0, 0.1) is 20.8 Å². The number of carbonyl (C=O) groups excluding carboxylic acids is 1. The lowest BCUT2D eigenvalue weighted by atomic mass is 10.2. The molecule has 3 aromatic heterocycles. The normalized spacial score (nSPS) is 11.2. The van der Waals surface area contributed by atoms with Gasteiger partial charge in [-0.15, -0.1) is 0 Å². The Morgan fingerprint density at radius 1 is 1.16 bits per heavy atom. The van der Waals surface area contributed by atoms with E-state index in [4.69, 9.17) is 27.7 Å². The van der Waals surface area contributed by atoms with Crippen LogP contribution >= 0.6 is 39.1 Å². The van der Waals surface area contributed by atoms with Gasteiger partial charge in [0.05, 0.1) is 34.0 Å². The van der Waals surface area contributed by atoms with Crippen LogP contribution in [0.2, 0.25) is 10.0 Å². The molecular formula is C21H19BrCl2N6O2. The molecule has 0 spiro atoms. The van der Waals surface area contributed by atoms with Gasteiger partial charge in [0, 0.05) is 16.8 Å². The minimum absolute atomic E-state index is 0.165. The third-order valence-electron chi connectivity index (χ3n) is 5.04. The summed E-state index contributed by atoms with van der Waals surface area (Å²) in [6, 6.07) is 7.52. The number of halogens is 3. The van der Waals surface area contributed by atoms with Gasteiger partial charge in [-0.2, -0.15) is 10.2 Å². The minimum Gasteiger partial charge on any atom is -0.361 e. The molecule has 0 atom stereocenters. The lowest BCUT2D eigenvalue weighted by Gasteiger charge is -2.06. The quantitative estimate of drug-likeness (QED) is 0.355. The molecule has 1 amide bonds. The summed E-state index contributed by atoms with van der Waals surface area (Å²) in [7, 11) is 0. The molecule has 11 heteroatoms. The molecule has 4 aromatic rings. The van der Waals surface area contributed by atoms with Crippen molar-refractivity contribution >= 4 is 50.9 Å². The summed E-state index contributed by atoms with van der Waals surface area (Å²) in [5, 5.41) is 16.9. The monoisotopic (exact) mass is 536 g/mol. The third-order valence-corrected chi connectivity index (χ3v) is 6.54. The van der Waals surface area contributed by atoms with Crippen molar-refractivity contribution in [2.24, 2.45) is 0 Å². The van der Waals surface area contributed by atoms with Crippen molar-refractivity contribution in [3.8, 4) is 0 Å². The van der Waals surface area contributed by atoms with Crippen LogP contribution in [0.5, 0.6) is 0 Å². The van der Waals surface area contributed by atoms with Crippen LogP contribution in [-0.2, 0) is 13.1 Å². The van der Waals surface area contributed by atoms with Crippen molar-refractivity contribution in [2.75, 3.05) is 5.32 Å². The maximum absolute atomic E-state index is 13.0. The van der Waals surface area contributed by atoms with E-state index in [1.807, 2.05) is 38.1 Å². The topological polar surface area (TPSA) is 90.8 Å².